The summed E-state index contributed by atoms with van der Waals surface area (Å²) >= 11 is 6.32. The zero-order valence-electron chi connectivity index (χ0n) is 24.4. The fourth-order valence-electron chi connectivity index (χ4n) is 6.34. The number of fused-ring (bicyclic) bond motifs is 3. The Morgan fingerprint density at radius 1 is 1.12 bits per heavy atom. The molecular formula is C33H41ClN2O6. The van der Waals surface area contributed by atoms with E-state index in [2.05, 4.69) is 4.90 Å². The molecule has 226 valence electrons. The summed E-state index contributed by atoms with van der Waals surface area (Å²) in [6.45, 7) is 2.16. The second kappa shape index (κ2) is 13.1. The Labute approximate surface area is 252 Å². The van der Waals surface area contributed by atoms with E-state index in [9.17, 15) is 19.8 Å². The first-order chi connectivity index (χ1) is 20.2. The van der Waals surface area contributed by atoms with Crippen LogP contribution in [0.1, 0.15) is 55.2 Å². The van der Waals surface area contributed by atoms with Gasteiger partial charge in [-0.15, -0.1) is 0 Å². The lowest BCUT2D eigenvalue weighted by molar-refractivity contribution is -0.168. The van der Waals surface area contributed by atoms with Gasteiger partial charge in [-0.1, -0.05) is 35.9 Å². The second-order valence-corrected chi connectivity index (χ2v) is 12.3. The molecule has 1 saturated carbocycles. The molecule has 1 aliphatic carbocycles. The maximum Gasteiger partial charge on any atom is 0.343 e. The fraction of sp³-hybridized carbons (Fsp3) is 0.515. The van der Waals surface area contributed by atoms with Crippen molar-refractivity contribution in [3.05, 3.63) is 70.3 Å². The van der Waals surface area contributed by atoms with E-state index in [1.165, 1.54) is 12.0 Å². The molecule has 42 heavy (non-hydrogen) atoms. The van der Waals surface area contributed by atoms with Gasteiger partial charge in [-0.3, -0.25) is 4.79 Å². The summed E-state index contributed by atoms with van der Waals surface area (Å²) in [4.78, 5) is 30.0. The largest absolute Gasteiger partial charge is 0.487 e. The third kappa shape index (κ3) is 6.46. The van der Waals surface area contributed by atoms with Gasteiger partial charge in [-0.2, -0.15) is 0 Å². The zero-order chi connectivity index (χ0) is 29.9. The quantitative estimate of drug-likeness (QED) is 0.366. The number of hydrogen-bond acceptors (Lipinski definition) is 7. The normalized spacial score (nSPS) is 27.8. The molecule has 4 atom stereocenters. The van der Waals surface area contributed by atoms with E-state index in [0.29, 0.717) is 36.9 Å². The van der Waals surface area contributed by atoms with E-state index in [4.69, 9.17) is 21.1 Å². The number of methoxy groups -OCH3 is 1. The van der Waals surface area contributed by atoms with E-state index in [-0.39, 0.29) is 23.3 Å². The van der Waals surface area contributed by atoms with E-state index >= 15 is 0 Å². The van der Waals surface area contributed by atoms with Crippen LogP contribution in [0.5, 0.6) is 5.75 Å². The van der Waals surface area contributed by atoms with Crippen molar-refractivity contribution in [3.8, 4) is 5.75 Å². The van der Waals surface area contributed by atoms with Crippen LogP contribution in [0, 0.1) is 11.8 Å². The summed E-state index contributed by atoms with van der Waals surface area (Å²) in [5, 5.41) is 23.5. The molecule has 1 amide bonds. The zero-order valence-corrected chi connectivity index (χ0v) is 25.2. The maximum absolute atomic E-state index is 13.2. The van der Waals surface area contributed by atoms with E-state index in [0.717, 1.165) is 55.5 Å². The van der Waals surface area contributed by atoms with Crippen molar-refractivity contribution in [1.82, 2.24) is 4.90 Å². The van der Waals surface area contributed by atoms with Crippen LogP contribution in [-0.4, -0.2) is 66.9 Å². The minimum absolute atomic E-state index is 0.137. The monoisotopic (exact) mass is 596 g/mol. The minimum Gasteiger partial charge on any atom is -0.487 e. The third-order valence-corrected chi connectivity index (χ3v) is 9.38. The third-order valence-electron chi connectivity index (χ3n) is 9.14. The summed E-state index contributed by atoms with van der Waals surface area (Å²) in [7, 11) is 2.86. The second-order valence-electron chi connectivity index (χ2n) is 11.8. The molecule has 5 rings (SSSR count). The number of benzene rings is 2. The number of rotatable bonds is 1. The number of aliphatic hydroxyl groups excluding tert-OH is 1. The van der Waals surface area contributed by atoms with Crippen LogP contribution in [0.15, 0.2) is 48.6 Å². The van der Waals surface area contributed by atoms with Gasteiger partial charge in [0.05, 0.1) is 25.3 Å². The van der Waals surface area contributed by atoms with Crippen molar-refractivity contribution in [2.24, 2.45) is 11.8 Å². The summed E-state index contributed by atoms with van der Waals surface area (Å²) in [5.74, 6) is -0.239. The molecule has 0 saturated heterocycles. The van der Waals surface area contributed by atoms with Gasteiger partial charge < -0.3 is 29.5 Å². The van der Waals surface area contributed by atoms with Crippen molar-refractivity contribution in [2.45, 2.75) is 63.3 Å². The number of carbonyl (C=O) groups excluding carboxylic acids is 2. The average Bonchev–Trinajstić information content (AvgIpc) is 2.99. The molecule has 8 nitrogen and oxygen atoms in total. The van der Waals surface area contributed by atoms with Crippen molar-refractivity contribution < 1.29 is 29.3 Å². The van der Waals surface area contributed by atoms with Gasteiger partial charge >= 0.3 is 5.97 Å². The Balaban J connectivity index is 1.59. The Kier molecular flexibility index (Phi) is 9.45. The molecule has 3 aliphatic rings. The Morgan fingerprint density at radius 2 is 1.95 bits per heavy atom. The summed E-state index contributed by atoms with van der Waals surface area (Å²) in [5.41, 5.74) is 1.08. The molecular weight excluding hydrogens is 556 g/mol. The van der Waals surface area contributed by atoms with Gasteiger partial charge in [-0.25, -0.2) is 4.79 Å². The SMILES string of the molecule is COC(=O)[C@@]1(O)CC(=O)N(C)CC/C=C/[C@H](O)[C@@H]2CC[C@H]2CN2CCCCc3cc(Cl)ccc3COc3ccc1cc32. The summed E-state index contributed by atoms with van der Waals surface area (Å²) in [6.07, 6.45) is 7.99. The topological polar surface area (TPSA) is 99.5 Å². The number of carbonyl (C=O) groups is 2. The van der Waals surface area contributed by atoms with Gasteiger partial charge in [0.15, 0.2) is 5.60 Å². The van der Waals surface area contributed by atoms with Gasteiger partial charge in [0.1, 0.15) is 12.4 Å². The lowest BCUT2D eigenvalue weighted by atomic mass is 9.70. The summed E-state index contributed by atoms with van der Waals surface area (Å²) in [6, 6.07) is 11.1. The standard InChI is InChI=1S/C33H41ClN2O6/c1-35-15-5-4-8-29(37)27-13-10-23(27)20-36-16-6-3-7-22-17-26(34)12-9-24(22)21-42-30-14-11-25(18-28(30)36)33(40,19-31(35)38)32(39)41-2/h4,8-9,11-12,14,17-18,23,27,29,37,40H,3,5-7,10,13,15-16,19-21H2,1-2H3/b8-4+/t23-,27+,29-,33+/m0/s1. The minimum atomic E-state index is -2.17. The van der Waals surface area contributed by atoms with Crippen molar-refractivity contribution in [1.29, 1.82) is 0 Å². The fourth-order valence-corrected chi connectivity index (χ4v) is 6.53. The predicted octanol–water partition coefficient (Wildman–Crippen LogP) is 4.62. The molecule has 2 bridgehead atoms. The smallest absolute Gasteiger partial charge is 0.343 e. The van der Waals surface area contributed by atoms with E-state index in [1.54, 1.807) is 25.2 Å². The molecule has 2 aliphatic heterocycles. The van der Waals surface area contributed by atoms with Crippen LogP contribution in [0.25, 0.3) is 0 Å². The highest BCUT2D eigenvalue weighted by Gasteiger charge is 2.43. The van der Waals surface area contributed by atoms with Crippen molar-refractivity contribution in [3.63, 3.8) is 0 Å². The number of aryl methyl sites for hydroxylation is 1. The molecule has 2 heterocycles. The maximum atomic E-state index is 13.2. The molecule has 2 aromatic rings. The number of halogens is 1. The lowest BCUT2D eigenvalue weighted by Gasteiger charge is -2.43. The van der Waals surface area contributed by atoms with Crippen molar-refractivity contribution in [2.75, 3.05) is 38.7 Å². The molecule has 0 radical (unpaired) electrons. The van der Waals surface area contributed by atoms with Crippen LogP contribution in [0.2, 0.25) is 5.02 Å². The van der Waals surface area contributed by atoms with Crippen LogP contribution >= 0.6 is 11.6 Å². The molecule has 2 aromatic carbocycles. The van der Waals surface area contributed by atoms with Crippen LogP contribution < -0.4 is 9.64 Å². The molecule has 0 spiro atoms. The van der Waals surface area contributed by atoms with Crippen LogP contribution in [0.4, 0.5) is 5.69 Å². The number of hydrogen-bond donors (Lipinski definition) is 2. The van der Waals surface area contributed by atoms with Gasteiger partial charge in [0.25, 0.3) is 0 Å². The van der Waals surface area contributed by atoms with Gasteiger partial charge in [0, 0.05) is 31.7 Å². The highest BCUT2D eigenvalue weighted by molar-refractivity contribution is 6.30. The molecule has 9 heteroatoms. The average molecular weight is 597 g/mol. The molecule has 2 N–H and O–H groups in total. The number of aliphatic hydroxyl groups is 2. The van der Waals surface area contributed by atoms with Crippen LogP contribution in [0.3, 0.4) is 0 Å². The number of esters is 1. The Bertz CT molecular complexity index is 1330. The summed E-state index contributed by atoms with van der Waals surface area (Å²) < 4.78 is 11.4. The van der Waals surface area contributed by atoms with Gasteiger partial charge in [-0.05, 0) is 91.3 Å². The van der Waals surface area contributed by atoms with E-state index in [1.807, 2.05) is 30.4 Å². The first kappa shape index (κ1) is 30.4. The highest BCUT2D eigenvalue weighted by atomic mass is 35.5. The Morgan fingerprint density at radius 3 is 2.71 bits per heavy atom. The number of anilines is 1. The number of nitrogens with zero attached hydrogens (tertiary/aromatic N) is 2. The number of ether oxygens (including phenoxy) is 2. The first-order valence-electron chi connectivity index (χ1n) is 14.9. The Hall–Kier alpha value is -3.07. The first-order valence-corrected chi connectivity index (χ1v) is 15.3. The molecule has 1 fully saturated rings. The predicted molar refractivity (Wildman–Crippen MR) is 162 cm³/mol. The van der Waals surface area contributed by atoms with Crippen LogP contribution in [-0.2, 0) is 33.0 Å². The van der Waals surface area contributed by atoms with Gasteiger partial charge in [0.2, 0.25) is 5.91 Å². The van der Waals surface area contributed by atoms with E-state index < -0.39 is 24.1 Å². The highest BCUT2D eigenvalue weighted by Crippen LogP contribution is 2.42. The molecule has 0 aromatic heterocycles. The van der Waals surface area contributed by atoms with Crippen molar-refractivity contribution >= 4 is 29.2 Å². The lowest BCUT2D eigenvalue weighted by Crippen LogP contribution is -2.44. The molecule has 0 unspecified atom stereocenters. The number of amides is 1.